The van der Waals surface area contributed by atoms with E-state index in [1.807, 2.05) is 37.3 Å². The highest BCUT2D eigenvalue weighted by molar-refractivity contribution is 8.00. The van der Waals surface area contributed by atoms with Gasteiger partial charge in [0.25, 0.3) is 0 Å². The third-order valence-corrected chi connectivity index (χ3v) is 4.63. The Balaban J connectivity index is 1.76. The average Bonchev–Trinajstić information content (AvgIpc) is 2.58. The maximum absolute atomic E-state index is 12.4. The summed E-state index contributed by atoms with van der Waals surface area (Å²) in [7, 11) is 0. The number of aryl methyl sites for hydroxylation is 1. The Kier molecular flexibility index (Phi) is 4.62. The van der Waals surface area contributed by atoms with Crippen molar-refractivity contribution in [3.63, 3.8) is 0 Å². The fraction of sp³-hybridized carbons (Fsp3) is 0.235. The van der Waals surface area contributed by atoms with E-state index < -0.39 is 0 Å². The Morgan fingerprint density at radius 3 is 2.96 bits per heavy atom. The van der Waals surface area contributed by atoms with Gasteiger partial charge in [0.1, 0.15) is 11.6 Å². The summed E-state index contributed by atoms with van der Waals surface area (Å²) >= 11 is 1.40. The van der Waals surface area contributed by atoms with E-state index in [1.165, 1.54) is 16.7 Å². The minimum absolute atomic E-state index is 0.00383. The molecule has 1 aromatic carbocycles. The van der Waals surface area contributed by atoms with Crippen molar-refractivity contribution in [2.24, 2.45) is 0 Å². The van der Waals surface area contributed by atoms with Gasteiger partial charge in [0.15, 0.2) is 0 Å². The van der Waals surface area contributed by atoms with Gasteiger partial charge in [0.05, 0.1) is 11.4 Å². The largest absolute Gasteiger partial charge is 0.324 e. The van der Waals surface area contributed by atoms with Crippen molar-refractivity contribution in [1.29, 1.82) is 0 Å². The number of rotatable bonds is 4. The molecule has 0 saturated carbocycles. The standard InChI is InChI=1S/C17H17N3O2S/c1-2-12-6-3-4-7-13(12)19-15(21)10-20-14-8-5-9-18-17(14)23-11-16(20)22/h3-9H,2,10-11H2,1H3,(H,19,21). The molecular formula is C17H17N3O2S. The van der Waals surface area contributed by atoms with Gasteiger partial charge in [-0.3, -0.25) is 14.5 Å². The van der Waals surface area contributed by atoms with Gasteiger partial charge in [0.2, 0.25) is 11.8 Å². The van der Waals surface area contributed by atoms with Crippen molar-refractivity contribution in [2.45, 2.75) is 18.4 Å². The predicted octanol–water partition coefficient (Wildman–Crippen LogP) is 2.72. The molecule has 118 valence electrons. The summed E-state index contributed by atoms with van der Waals surface area (Å²) in [6, 6.07) is 11.3. The highest BCUT2D eigenvalue weighted by atomic mass is 32.2. The molecule has 23 heavy (non-hydrogen) atoms. The van der Waals surface area contributed by atoms with E-state index in [9.17, 15) is 9.59 Å². The Labute approximate surface area is 139 Å². The lowest BCUT2D eigenvalue weighted by Crippen LogP contribution is -2.41. The fourth-order valence-electron chi connectivity index (χ4n) is 2.50. The summed E-state index contributed by atoms with van der Waals surface area (Å²) in [4.78, 5) is 30.3. The van der Waals surface area contributed by atoms with Crippen LogP contribution < -0.4 is 10.2 Å². The predicted molar refractivity (Wildman–Crippen MR) is 91.8 cm³/mol. The van der Waals surface area contributed by atoms with E-state index in [0.717, 1.165) is 22.7 Å². The Morgan fingerprint density at radius 1 is 1.30 bits per heavy atom. The lowest BCUT2D eigenvalue weighted by molar-refractivity contribution is -0.120. The van der Waals surface area contributed by atoms with Gasteiger partial charge in [-0.25, -0.2) is 4.98 Å². The second-order valence-corrected chi connectivity index (χ2v) is 6.12. The molecule has 0 bridgehead atoms. The van der Waals surface area contributed by atoms with Crippen molar-refractivity contribution >= 4 is 35.0 Å². The molecule has 1 N–H and O–H groups in total. The second kappa shape index (κ2) is 6.83. The number of carbonyl (C=O) groups excluding carboxylic acids is 2. The molecule has 0 unspecified atom stereocenters. The number of aromatic nitrogens is 1. The minimum Gasteiger partial charge on any atom is -0.324 e. The molecular weight excluding hydrogens is 310 g/mol. The summed E-state index contributed by atoms with van der Waals surface area (Å²) in [6.45, 7) is 2.04. The minimum atomic E-state index is -0.207. The molecule has 1 aliphatic heterocycles. The number of benzene rings is 1. The topological polar surface area (TPSA) is 62.3 Å². The van der Waals surface area contributed by atoms with Gasteiger partial charge < -0.3 is 5.32 Å². The maximum atomic E-state index is 12.4. The first-order chi connectivity index (χ1) is 11.2. The zero-order chi connectivity index (χ0) is 16.2. The van der Waals surface area contributed by atoms with Crippen LogP contribution in [0.25, 0.3) is 0 Å². The molecule has 0 fully saturated rings. The lowest BCUT2D eigenvalue weighted by Gasteiger charge is -2.27. The smallest absolute Gasteiger partial charge is 0.244 e. The number of pyridine rings is 1. The molecule has 0 radical (unpaired) electrons. The number of hydrogen-bond acceptors (Lipinski definition) is 4. The highest BCUT2D eigenvalue weighted by Gasteiger charge is 2.27. The van der Waals surface area contributed by atoms with Crippen LogP contribution in [0.2, 0.25) is 0 Å². The zero-order valence-corrected chi connectivity index (χ0v) is 13.6. The number of anilines is 2. The van der Waals surface area contributed by atoms with E-state index in [-0.39, 0.29) is 18.4 Å². The third kappa shape index (κ3) is 3.37. The van der Waals surface area contributed by atoms with Crippen molar-refractivity contribution in [3.05, 3.63) is 48.2 Å². The van der Waals surface area contributed by atoms with Crippen LogP contribution in [-0.2, 0) is 16.0 Å². The average molecular weight is 327 g/mol. The summed E-state index contributed by atoms with van der Waals surface area (Å²) in [5, 5.41) is 3.69. The van der Waals surface area contributed by atoms with Gasteiger partial charge >= 0.3 is 0 Å². The van der Waals surface area contributed by atoms with Crippen molar-refractivity contribution in [3.8, 4) is 0 Å². The normalized spacial score (nSPS) is 13.6. The molecule has 5 nitrogen and oxygen atoms in total. The molecule has 1 aliphatic rings. The zero-order valence-electron chi connectivity index (χ0n) is 12.8. The first-order valence-corrected chi connectivity index (χ1v) is 8.43. The summed E-state index contributed by atoms with van der Waals surface area (Å²) < 4.78 is 0. The van der Waals surface area contributed by atoms with Crippen molar-refractivity contribution < 1.29 is 9.59 Å². The molecule has 2 aromatic rings. The third-order valence-electron chi connectivity index (χ3n) is 3.65. The van der Waals surface area contributed by atoms with Crippen LogP contribution in [0, 0.1) is 0 Å². The SMILES string of the molecule is CCc1ccccc1NC(=O)CN1C(=O)CSc2ncccc21. The van der Waals surface area contributed by atoms with E-state index in [2.05, 4.69) is 10.3 Å². The van der Waals surface area contributed by atoms with E-state index in [4.69, 9.17) is 0 Å². The Bertz CT molecular complexity index is 748. The van der Waals surface area contributed by atoms with E-state index in [1.54, 1.807) is 12.3 Å². The van der Waals surface area contributed by atoms with Crippen molar-refractivity contribution in [1.82, 2.24) is 4.98 Å². The number of nitrogens with one attached hydrogen (secondary N) is 1. The Hall–Kier alpha value is -2.34. The van der Waals surface area contributed by atoms with Gasteiger partial charge in [-0.2, -0.15) is 0 Å². The second-order valence-electron chi connectivity index (χ2n) is 5.16. The number of carbonyl (C=O) groups is 2. The lowest BCUT2D eigenvalue weighted by atomic mass is 10.1. The van der Waals surface area contributed by atoms with Gasteiger partial charge in [0, 0.05) is 11.9 Å². The summed E-state index contributed by atoms with van der Waals surface area (Å²) in [5.41, 5.74) is 2.57. The van der Waals surface area contributed by atoms with Gasteiger partial charge in [-0.15, -0.1) is 0 Å². The van der Waals surface area contributed by atoms with Crippen LogP contribution in [0.3, 0.4) is 0 Å². The molecule has 0 saturated heterocycles. The van der Waals surface area contributed by atoms with Crippen LogP contribution in [0.15, 0.2) is 47.6 Å². The van der Waals surface area contributed by atoms with E-state index in [0.29, 0.717) is 11.4 Å². The summed E-state index contributed by atoms with van der Waals surface area (Å²) in [6.07, 6.45) is 2.53. The first-order valence-electron chi connectivity index (χ1n) is 7.45. The fourth-order valence-corrected chi connectivity index (χ4v) is 3.38. The maximum Gasteiger partial charge on any atom is 0.244 e. The molecule has 2 heterocycles. The molecule has 3 rings (SSSR count). The number of nitrogens with zero attached hydrogens (tertiary/aromatic N) is 2. The number of fused-ring (bicyclic) bond motifs is 1. The number of hydrogen-bond donors (Lipinski definition) is 1. The number of amides is 2. The van der Waals surface area contributed by atoms with E-state index >= 15 is 0 Å². The first kappa shape index (κ1) is 15.6. The van der Waals surface area contributed by atoms with Gasteiger partial charge in [-0.1, -0.05) is 36.9 Å². The molecule has 1 aromatic heterocycles. The monoisotopic (exact) mass is 327 g/mol. The molecule has 0 aliphatic carbocycles. The Morgan fingerprint density at radius 2 is 2.13 bits per heavy atom. The van der Waals surface area contributed by atoms with Gasteiger partial charge in [-0.05, 0) is 30.2 Å². The number of para-hydroxylation sites is 1. The van der Waals surface area contributed by atoms with Crippen LogP contribution in [0.1, 0.15) is 12.5 Å². The van der Waals surface area contributed by atoms with Crippen LogP contribution >= 0.6 is 11.8 Å². The van der Waals surface area contributed by atoms with Crippen LogP contribution in [-0.4, -0.2) is 29.1 Å². The number of thioether (sulfide) groups is 1. The molecule has 6 heteroatoms. The van der Waals surface area contributed by atoms with Crippen LogP contribution in [0.4, 0.5) is 11.4 Å². The van der Waals surface area contributed by atoms with Crippen molar-refractivity contribution in [2.75, 3.05) is 22.5 Å². The molecule has 2 amide bonds. The van der Waals surface area contributed by atoms with Crippen LogP contribution in [0.5, 0.6) is 0 Å². The highest BCUT2D eigenvalue weighted by Crippen LogP contribution is 2.32. The molecule has 0 spiro atoms. The molecule has 0 atom stereocenters. The summed E-state index contributed by atoms with van der Waals surface area (Å²) in [5.74, 6) is 0.0263. The quantitative estimate of drug-likeness (QED) is 0.938.